The summed E-state index contributed by atoms with van der Waals surface area (Å²) in [5, 5.41) is 37.2. The number of hydrogen-bond donors (Lipinski definition) is 2. The van der Waals surface area contributed by atoms with Crippen LogP contribution in [0.2, 0.25) is 0 Å². The minimum atomic E-state index is -1.28. The average molecular weight is 306 g/mol. The molecule has 0 bridgehead atoms. The van der Waals surface area contributed by atoms with Gasteiger partial charge in [-0.05, 0) is 36.8 Å². The van der Waals surface area contributed by atoms with Gasteiger partial charge < -0.3 is 20.4 Å². The number of aliphatic hydroxyl groups is 2. The van der Waals surface area contributed by atoms with Gasteiger partial charge in [-0.1, -0.05) is 38.3 Å². The molecule has 0 rings (SSSR count). The van der Waals surface area contributed by atoms with Crippen LogP contribution in [0.1, 0.15) is 40.5 Å². The molecule has 0 radical (unpaired) electrons. The fourth-order valence-electron chi connectivity index (χ4n) is 0.289. The van der Waals surface area contributed by atoms with E-state index in [0.717, 1.165) is 0 Å². The van der Waals surface area contributed by atoms with E-state index in [9.17, 15) is 10.2 Å². The fraction of sp³-hybridized carbons (Fsp3) is 0.800. The predicted molar refractivity (Wildman–Crippen MR) is 72.8 cm³/mol. The van der Waals surface area contributed by atoms with Crippen molar-refractivity contribution >= 4 is 72.3 Å². The van der Waals surface area contributed by atoms with Crippen molar-refractivity contribution in [1.82, 2.24) is 0 Å². The molecule has 0 heterocycles. The van der Waals surface area contributed by atoms with Crippen molar-refractivity contribution in [3.8, 4) is 0 Å². The van der Waals surface area contributed by atoms with E-state index in [4.69, 9.17) is 10.2 Å². The van der Waals surface area contributed by atoms with Crippen LogP contribution in [-0.2, 0) is 0 Å². The molecule has 0 aliphatic heterocycles. The average Bonchev–Trinajstić information content (AvgIpc) is 2.18. The van der Waals surface area contributed by atoms with Crippen LogP contribution < -0.4 is 10.2 Å². The Balaban J connectivity index is -0.000000218. The van der Waals surface area contributed by atoms with Crippen LogP contribution in [0.3, 0.4) is 0 Å². The van der Waals surface area contributed by atoms with Crippen molar-refractivity contribution in [2.75, 3.05) is 0 Å². The van der Waals surface area contributed by atoms with Crippen LogP contribution in [0.5, 0.6) is 0 Å². The molecule has 0 aromatic heterocycles. The molecular weight excluding hydrogens is 288 g/mol. The summed E-state index contributed by atoms with van der Waals surface area (Å²) in [7, 11) is 0. The minimum absolute atomic E-state index is 0. The van der Waals surface area contributed by atoms with Gasteiger partial charge in [-0.3, -0.25) is 0 Å². The van der Waals surface area contributed by atoms with Gasteiger partial charge in [-0.25, -0.2) is 0 Å². The van der Waals surface area contributed by atoms with Crippen molar-refractivity contribution in [1.29, 1.82) is 0 Å². The van der Waals surface area contributed by atoms with Gasteiger partial charge in [0.1, 0.15) is 0 Å². The predicted octanol–water partition coefficient (Wildman–Crippen LogP) is -0.711. The molecule has 0 aliphatic carbocycles. The summed E-state index contributed by atoms with van der Waals surface area (Å²) in [5.41, 5.74) is -2.56. The molecule has 0 aromatic carbocycles. The Bertz CT molecular complexity index is 229. The molecule has 17 heavy (non-hydrogen) atoms. The maximum absolute atomic E-state index is 10.3. The summed E-state index contributed by atoms with van der Waals surface area (Å²) in [4.78, 5) is 0. The third kappa shape index (κ3) is 10.6. The standard InChI is InChI=1S/2C5H10O2S.Ca/c2*1-3-5(2,7)4(6)8;/h2*7H,3H2,1-2H3,(H,6,8);/q;;+2/p-2. The molecule has 7 heteroatoms. The second-order valence-corrected chi connectivity index (χ2v) is 4.57. The molecule has 4 nitrogen and oxygen atoms in total. The van der Waals surface area contributed by atoms with Crippen molar-refractivity contribution in [2.24, 2.45) is 0 Å². The van der Waals surface area contributed by atoms with Crippen LogP contribution >= 0.6 is 24.4 Å². The molecule has 0 aromatic rings. The van der Waals surface area contributed by atoms with Crippen LogP contribution in [0.15, 0.2) is 0 Å². The molecule has 2 atom stereocenters. The minimum Gasteiger partial charge on any atom is -0.866 e. The van der Waals surface area contributed by atoms with Crippen LogP contribution in [0.4, 0.5) is 0 Å². The first-order chi connectivity index (χ1) is 7.01. The van der Waals surface area contributed by atoms with E-state index in [1.165, 1.54) is 13.8 Å². The van der Waals surface area contributed by atoms with Gasteiger partial charge in [0, 0.05) is 0 Å². The molecular formula is C10H18CaO4S2. The summed E-state index contributed by atoms with van der Waals surface area (Å²) in [5.74, 6) is 0. The van der Waals surface area contributed by atoms with Crippen molar-refractivity contribution in [2.45, 2.75) is 51.7 Å². The molecule has 2 unspecified atom stereocenters. The van der Waals surface area contributed by atoms with Gasteiger partial charge in [-0.2, -0.15) is 0 Å². The molecule has 0 spiro atoms. The Morgan fingerprint density at radius 2 is 1.12 bits per heavy atom. The molecule has 2 N–H and O–H groups in total. The summed E-state index contributed by atoms with van der Waals surface area (Å²) in [6.07, 6.45) is 0.769. The molecule has 0 amide bonds. The largest absolute Gasteiger partial charge is 2.00 e. The van der Waals surface area contributed by atoms with Gasteiger partial charge in [0.05, 0.1) is 11.2 Å². The second-order valence-electron chi connectivity index (χ2n) is 3.83. The van der Waals surface area contributed by atoms with E-state index in [2.05, 4.69) is 24.4 Å². The number of rotatable bonds is 4. The van der Waals surface area contributed by atoms with Crippen molar-refractivity contribution in [3.05, 3.63) is 0 Å². The summed E-state index contributed by atoms with van der Waals surface area (Å²) in [6, 6.07) is 0. The Labute approximate surface area is 143 Å². The number of thiocarbonyl (C=S) groups is 2. The van der Waals surface area contributed by atoms with Crippen molar-refractivity contribution < 1.29 is 20.4 Å². The van der Waals surface area contributed by atoms with E-state index in [-0.39, 0.29) is 37.7 Å². The monoisotopic (exact) mass is 306 g/mol. The van der Waals surface area contributed by atoms with Crippen LogP contribution in [0.25, 0.3) is 0 Å². The quantitative estimate of drug-likeness (QED) is 0.527. The first-order valence-electron chi connectivity index (χ1n) is 4.89. The maximum Gasteiger partial charge on any atom is 2.00 e. The fourth-order valence-corrected chi connectivity index (χ4v) is 0.577. The third-order valence-electron chi connectivity index (χ3n) is 2.26. The third-order valence-corrected chi connectivity index (χ3v) is 3.14. The Morgan fingerprint density at radius 3 is 1.12 bits per heavy atom. The smallest absolute Gasteiger partial charge is 0.866 e. The normalized spacial score (nSPS) is 16.4. The van der Waals surface area contributed by atoms with Gasteiger partial charge in [-0.15, -0.1) is 0 Å². The van der Waals surface area contributed by atoms with Gasteiger partial charge >= 0.3 is 37.7 Å². The first-order valence-corrected chi connectivity index (χ1v) is 5.70. The zero-order valence-corrected chi connectivity index (χ0v) is 14.5. The Hall–Kier alpha value is 0.960. The van der Waals surface area contributed by atoms with E-state index in [0.29, 0.717) is 12.8 Å². The topological polar surface area (TPSA) is 86.6 Å². The zero-order valence-electron chi connectivity index (χ0n) is 10.6. The molecule has 0 saturated carbocycles. The van der Waals surface area contributed by atoms with Crippen LogP contribution in [-0.4, -0.2) is 69.3 Å². The molecule has 0 fully saturated rings. The van der Waals surface area contributed by atoms with E-state index in [1.807, 2.05) is 0 Å². The SMILES string of the molecule is CCC(C)(O)C([O-])=S.CCC(C)(O)C([O-])=S.[Ca+2]. The van der Waals surface area contributed by atoms with E-state index < -0.39 is 21.3 Å². The second kappa shape index (κ2) is 9.83. The maximum atomic E-state index is 10.3. The first kappa shape index (κ1) is 23.1. The molecule has 96 valence electrons. The van der Waals surface area contributed by atoms with Crippen molar-refractivity contribution in [3.63, 3.8) is 0 Å². The molecule has 0 aliphatic rings. The summed E-state index contributed by atoms with van der Waals surface area (Å²) >= 11 is 8.45. The zero-order chi connectivity index (χ0) is 13.6. The van der Waals surface area contributed by atoms with Gasteiger partial charge in [0.2, 0.25) is 0 Å². The van der Waals surface area contributed by atoms with E-state index in [1.54, 1.807) is 13.8 Å². The number of hydrogen-bond acceptors (Lipinski definition) is 6. The van der Waals surface area contributed by atoms with Crippen LogP contribution in [0, 0.1) is 0 Å². The Kier molecular flexibility index (Phi) is 13.4. The van der Waals surface area contributed by atoms with Gasteiger partial charge in [0.15, 0.2) is 0 Å². The summed E-state index contributed by atoms with van der Waals surface area (Å²) in [6.45, 7) is 6.26. The van der Waals surface area contributed by atoms with E-state index >= 15 is 0 Å². The summed E-state index contributed by atoms with van der Waals surface area (Å²) < 4.78 is 0. The Morgan fingerprint density at radius 1 is 0.941 bits per heavy atom. The molecule has 0 saturated heterocycles. The van der Waals surface area contributed by atoms with Gasteiger partial charge in [0.25, 0.3) is 0 Å².